The molecule has 1 aromatic heterocycles. The molecule has 11 heteroatoms. The molecule has 0 saturated heterocycles. The molecule has 0 aliphatic carbocycles. The number of phenols is 1. The van der Waals surface area contributed by atoms with Crippen LogP contribution in [-0.4, -0.2) is 41.6 Å². The largest absolute Gasteiger partial charge is 0.508 e. The van der Waals surface area contributed by atoms with Crippen molar-refractivity contribution in [2.45, 2.75) is 26.1 Å². The van der Waals surface area contributed by atoms with Gasteiger partial charge in [-0.25, -0.2) is 9.98 Å². The number of rotatable bonds is 8. The summed E-state index contributed by atoms with van der Waals surface area (Å²) in [6.45, 7) is 3.40. The summed E-state index contributed by atoms with van der Waals surface area (Å²) in [6.07, 6.45) is -3.85. The Hall–Kier alpha value is -2.82. The summed E-state index contributed by atoms with van der Waals surface area (Å²) in [5, 5.41) is 19.4. The molecule has 2 aromatic rings. The van der Waals surface area contributed by atoms with Crippen LogP contribution in [0.15, 0.2) is 34.6 Å². The molecule has 2 rings (SSSR count). The molecule has 1 heterocycles. The van der Waals surface area contributed by atoms with Crippen molar-refractivity contribution in [3.8, 4) is 5.75 Å². The van der Waals surface area contributed by atoms with Crippen molar-refractivity contribution in [1.29, 1.82) is 0 Å². The van der Waals surface area contributed by atoms with E-state index in [4.69, 9.17) is 0 Å². The molecule has 0 saturated carbocycles. The predicted octanol–water partition coefficient (Wildman–Crippen LogP) is 2.74. The van der Waals surface area contributed by atoms with Gasteiger partial charge in [-0.1, -0.05) is 6.07 Å². The molecule has 7 nitrogen and oxygen atoms in total. The number of hydrogen-bond acceptors (Lipinski definition) is 5. The SMILES string of the molecule is CCNC(=NCc1nc(C(F)(F)F)cs1)NCCCNC(=O)c1cccc(O)c1. The van der Waals surface area contributed by atoms with Crippen molar-refractivity contribution in [3.05, 3.63) is 45.9 Å². The van der Waals surface area contributed by atoms with Gasteiger partial charge in [-0.3, -0.25) is 4.79 Å². The summed E-state index contributed by atoms with van der Waals surface area (Å²) in [5.74, 6) is 0.190. The van der Waals surface area contributed by atoms with Gasteiger partial charge in [-0.05, 0) is 31.5 Å². The number of aromatic hydroxyl groups is 1. The Labute approximate surface area is 170 Å². The quantitative estimate of drug-likeness (QED) is 0.294. The van der Waals surface area contributed by atoms with Gasteiger partial charge in [0.05, 0.1) is 6.54 Å². The third-order valence-corrected chi connectivity index (χ3v) is 4.43. The van der Waals surface area contributed by atoms with Gasteiger partial charge < -0.3 is 21.1 Å². The van der Waals surface area contributed by atoms with Crippen LogP contribution in [0.4, 0.5) is 13.2 Å². The first-order chi connectivity index (χ1) is 13.8. The highest BCUT2D eigenvalue weighted by atomic mass is 32.1. The summed E-state index contributed by atoms with van der Waals surface area (Å²) >= 11 is 0.912. The summed E-state index contributed by atoms with van der Waals surface area (Å²) in [7, 11) is 0. The van der Waals surface area contributed by atoms with Gasteiger partial charge in [-0.2, -0.15) is 13.2 Å². The topological polar surface area (TPSA) is 98.6 Å². The Balaban J connectivity index is 1.76. The lowest BCUT2D eigenvalue weighted by molar-refractivity contribution is -0.140. The van der Waals surface area contributed by atoms with Crippen LogP contribution in [0.5, 0.6) is 5.75 Å². The number of amides is 1. The fraction of sp³-hybridized carbons (Fsp3) is 0.389. The van der Waals surface area contributed by atoms with Crippen molar-refractivity contribution in [2.75, 3.05) is 19.6 Å². The number of carbonyl (C=O) groups is 1. The number of thiazole rings is 1. The molecule has 0 aliphatic rings. The first kappa shape index (κ1) is 22.5. The minimum absolute atomic E-state index is 0.0217. The van der Waals surface area contributed by atoms with Gasteiger partial charge in [0.1, 0.15) is 10.8 Å². The fourth-order valence-corrected chi connectivity index (χ4v) is 2.97. The highest BCUT2D eigenvalue weighted by Gasteiger charge is 2.33. The standard InChI is InChI=1S/C18H22F3N5O2S/c1-2-22-17(25-10-15-26-14(11-29-15)18(19,20)21)24-8-4-7-23-16(28)12-5-3-6-13(27)9-12/h3,5-6,9,11,27H,2,4,7-8,10H2,1H3,(H,23,28)(H2,22,24,25). The Morgan fingerprint density at radius 1 is 1.24 bits per heavy atom. The Bertz CT molecular complexity index is 839. The summed E-state index contributed by atoms with van der Waals surface area (Å²) in [4.78, 5) is 19.7. The van der Waals surface area contributed by atoms with Crippen LogP contribution >= 0.6 is 11.3 Å². The van der Waals surface area contributed by atoms with Gasteiger partial charge in [0.15, 0.2) is 11.7 Å². The maximum atomic E-state index is 12.6. The number of hydrogen-bond donors (Lipinski definition) is 4. The van der Waals surface area contributed by atoms with Crippen LogP contribution in [0, 0.1) is 0 Å². The minimum atomic E-state index is -4.45. The zero-order valence-corrected chi connectivity index (χ0v) is 16.5. The number of guanidine groups is 1. The molecule has 4 N–H and O–H groups in total. The van der Waals surface area contributed by atoms with Crippen LogP contribution in [0.2, 0.25) is 0 Å². The van der Waals surface area contributed by atoms with E-state index in [-0.39, 0.29) is 23.2 Å². The Morgan fingerprint density at radius 2 is 2.00 bits per heavy atom. The van der Waals surface area contributed by atoms with E-state index >= 15 is 0 Å². The molecule has 0 radical (unpaired) electrons. The molecule has 0 unspecified atom stereocenters. The first-order valence-corrected chi connectivity index (χ1v) is 9.78. The number of nitrogens with zero attached hydrogens (tertiary/aromatic N) is 2. The number of phenolic OH excluding ortho intramolecular Hbond substituents is 1. The second-order valence-corrected chi connectivity index (χ2v) is 6.85. The van der Waals surface area contributed by atoms with E-state index in [1.165, 1.54) is 12.1 Å². The van der Waals surface area contributed by atoms with E-state index in [2.05, 4.69) is 25.9 Å². The average Bonchev–Trinajstić information content (AvgIpc) is 3.15. The molecule has 0 spiro atoms. The van der Waals surface area contributed by atoms with Crippen molar-refractivity contribution < 1.29 is 23.1 Å². The number of benzene rings is 1. The molecule has 1 aromatic carbocycles. The lowest BCUT2D eigenvalue weighted by Crippen LogP contribution is -2.38. The van der Waals surface area contributed by atoms with Crippen molar-refractivity contribution in [3.63, 3.8) is 0 Å². The van der Waals surface area contributed by atoms with E-state index in [0.717, 1.165) is 16.7 Å². The third kappa shape index (κ3) is 7.60. The predicted molar refractivity (Wildman–Crippen MR) is 105 cm³/mol. The van der Waals surface area contributed by atoms with Crippen LogP contribution in [0.3, 0.4) is 0 Å². The third-order valence-electron chi connectivity index (χ3n) is 3.60. The number of alkyl halides is 3. The highest BCUT2D eigenvalue weighted by Crippen LogP contribution is 2.30. The molecule has 0 fully saturated rings. The summed E-state index contributed by atoms with van der Waals surface area (Å²) in [6, 6.07) is 6.06. The zero-order valence-electron chi connectivity index (χ0n) is 15.7. The molecular formula is C18H22F3N5O2S. The van der Waals surface area contributed by atoms with Gasteiger partial charge in [-0.15, -0.1) is 11.3 Å². The molecule has 0 bridgehead atoms. The van der Waals surface area contributed by atoms with E-state index < -0.39 is 11.9 Å². The zero-order chi connectivity index (χ0) is 21.3. The van der Waals surface area contributed by atoms with E-state index in [1.54, 1.807) is 12.1 Å². The monoisotopic (exact) mass is 429 g/mol. The van der Waals surface area contributed by atoms with Crippen LogP contribution in [0.25, 0.3) is 0 Å². The molecule has 0 atom stereocenters. The van der Waals surface area contributed by atoms with Crippen molar-refractivity contribution >= 4 is 23.2 Å². The van der Waals surface area contributed by atoms with Crippen LogP contribution in [0.1, 0.15) is 34.4 Å². The average molecular weight is 429 g/mol. The molecule has 29 heavy (non-hydrogen) atoms. The van der Waals surface area contributed by atoms with Gasteiger partial charge in [0, 0.05) is 30.6 Å². The van der Waals surface area contributed by atoms with E-state index in [0.29, 0.717) is 37.6 Å². The van der Waals surface area contributed by atoms with Gasteiger partial charge in [0.25, 0.3) is 5.91 Å². The number of halogens is 3. The smallest absolute Gasteiger partial charge is 0.434 e. The number of aliphatic imine (C=N–C) groups is 1. The highest BCUT2D eigenvalue weighted by molar-refractivity contribution is 7.09. The normalized spacial score (nSPS) is 11.9. The number of aromatic nitrogens is 1. The summed E-state index contributed by atoms with van der Waals surface area (Å²) < 4.78 is 37.8. The maximum absolute atomic E-state index is 12.6. The second kappa shape index (κ2) is 10.6. The second-order valence-electron chi connectivity index (χ2n) is 5.91. The van der Waals surface area contributed by atoms with E-state index in [1.807, 2.05) is 6.92 Å². The summed E-state index contributed by atoms with van der Waals surface area (Å²) in [5.41, 5.74) is -0.539. The Morgan fingerprint density at radius 3 is 2.66 bits per heavy atom. The van der Waals surface area contributed by atoms with E-state index in [9.17, 15) is 23.1 Å². The number of nitrogens with one attached hydrogen (secondary N) is 3. The lowest BCUT2D eigenvalue weighted by Gasteiger charge is -2.11. The van der Waals surface area contributed by atoms with Crippen LogP contribution in [-0.2, 0) is 12.7 Å². The van der Waals surface area contributed by atoms with Crippen molar-refractivity contribution in [1.82, 2.24) is 20.9 Å². The Kier molecular flexibility index (Phi) is 8.25. The van der Waals surface area contributed by atoms with Gasteiger partial charge >= 0.3 is 6.18 Å². The molecular weight excluding hydrogens is 407 g/mol. The molecule has 1 amide bonds. The lowest BCUT2D eigenvalue weighted by atomic mass is 10.2. The maximum Gasteiger partial charge on any atom is 0.434 e. The minimum Gasteiger partial charge on any atom is -0.508 e. The molecule has 158 valence electrons. The van der Waals surface area contributed by atoms with Gasteiger partial charge in [0.2, 0.25) is 0 Å². The fourth-order valence-electron chi connectivity index (χ4n) is 2.25. The first-order valence-electron chi connectivity index (χ1n) is 8.90. The van der Waals surface area contributed by atoms with Crippen LogP contribution < -0.4 is 16.0 Å². The van der Waals surface area contributed by atoms with Crippen molar-refractivity contribution in [2.24, 2.45) is 4.99 Å². The molecule has 0 aliphatic heterocycles. The number of carbonyl (C=O) groups excluding carboxylic acids is 1.